The first-order valence-corrected chi connectivity index (χ1v) is 9.33. The van der Waals surface area contributed by atoms with Crippen LogP contribution in [-0.2, 0) is 12.8 Å². The van der Waals surface area contributed by atoms with Gasteiger partial charge in [0.2, 0.25) is 5.82 Å². The Morgan fingerprint density at radius 3 is 2.60 bits per heavy atom. The minimum atomic E-state index is -4.49. The van der Waals surface area contributed by atoms with Crippen molar-refractivity contribution in [2.45, 2.75) is 19.0 Å². The molecule has 0 saturated heterocycles. The molecular weight excluding hydrogens is 397 g/mol. The summed E-state index contributed by atoms with van der Waals surface area (Å²) in [5, 5.41) is 16.6. The lowest BCUT2D eigenvalue weighted by molar-refractivity contribution is -0.153. The third-order valence-electron chi connectivity index (χ3n) is 4.77. The van der Waals surface area contributed by atoms with Crippen LogP contribution in [0.1, 0.15) is 16.7 Å². The third kappa shape index (κ3) is 4.44. The van der Waals surface area contributed by atoms with Gasteiger partial charge in [-0.1, -0.05) is 17.3 Å². The number of rotatable bonds is 4. The van der Waals surface area contributed by atoms with Crippen LogP contribution in [-0.4, -0.2) is 36.0 Å². The molecule has 1 aliphatic rings. The minimum absolute atomic E-state index is 0.0472. The van der Waals surface area contributed by atoms with Crippen molar-refractivity contribution in [3.8, 4) is 34.7 Å². The fourth-order valence-electron chi connectivity index (χ4n) is 3.31. The molecule has 1 N–H and O–H groups in total. The van der Waals surface area contributed by atoms with Crippen LogP contribution in [0.15, 0.2) is 40.9 Å². The minimum Gasteiger partial charge on any atom is -0.483 e. The molecular formula is C21H17F3N4O2. The largest absolute Gasteiger partial charge is 0.483 e. The number of halogens is 3. The zero-order valence-electron chi connectivity index (χ0n) is 15.8. The maximum Gasteiger partial charge on any atom is 0.422 e. The number of nitriles is 1. The summed E-state index contributed by atoms with van der Waals surface area (Å²) in [6, 6.07) is 12.0. The second-order valence-electron chi connectivity index (χ2n) is 6.88. The second-order valence-corrected chi connectivity index (χ2v) is 6.88. The number of hydrogen-bond donors (Lipinski definition) is 1. The van der Waals surface area contributed by atoms with E-state index in [1.165, 1.54) is 29.3 Å². The molecule has 0 aliphatic carbocycles. The van der Waals surface area contributed by atoms with Gasteiger partial charge in [-0.25, -0.2) is 0 Å². The highest BCUT2D eigenvalue weighted by atomic mass is 19.4. The molecule has 0 radical (unpaired) electrons. The van der Waals surface area contributed by atoms with Gasteiger partial charge in [-0.2, -0.15) is 23.4 Å². The van der Waals surface area contributed by atoms with Gasteiger partial charge >= 0.3 is 6.18 Å². The molecule has 0 atom stereocenters. The molecule has 6 nitrogen and oxygen atoms in total. The molecule has 30 heavy (non-hydrogen) atoms. The summed E-state index contributed by atoms with van der Waals surface area (Å²) < 4.78 is 47.1. The van der Waals surface area contributed by atoms with E-state index in [0.29, 0.717) is 11.4 Å². The summed E-state index contributed by atoms with van der Waals surface area (Å²) in [5.74, 6) is 0.416. The van der Waals surface area contributed by atoms with Gasteiger partial charge in [0.05, 0.1) is 5.56 Å². The summed E-state index contributed by atoms with van der Waals surface area (Å²) >= 11 is 0. The zero-order valence-corrected chi connectivity index (χ0v) is 15.8. The van der Waals surface area contributed by atoms with Gasteiger partial charge < -0.3 is 14.6 Å². The molecule has 2 aromatic carbocycles. The summed E-state index contributed by atoms with van der Waals surface area (Å²) in [7, 11) is 0. The van der Waals surface area contributed by atoms with Crippen LogP contribution >= 0.6 is 0 Å². The highest BCUT2D eigenvalue weighted by Crippen LogP contribution is 2.29. The lowest BCUT2D eigenvalue weighted by atomic mass is 10.00. The Kier molecular flexibility index (Phi) is 5.42. The molecule has 3 aromatic rings. The van der Waals surface area contributed by atoms with Gasteiger partial charge in [0.25, 0.3) is 5.89 Å². The number of nitrogens with one attached hydrogen (secondary N) is 1. The molecule has 0 bridgehead atoms. The van der Waals surface area contributed by atoms with Gasteiger partial charge in [0, 0.05) is 11.1 Å². The SMILES string of the molecule is N#Cc1cc(-c2nc(-c3ccc4c(c3)CCNCC4)no2)ccc1OCC(F)(F)F. The van der Waals surface area contributed by atoms with Crippen molar-refractivity contribution >= 4 is 0 Å². The monoisotopic (exact) mass is 414 g/mol. The van der Waals surface area contributed by atoms with Gasteiger partial charge in [-0.3, -0.25) is 0 Å². The van der Waals surface area contributed by atoms with Gasteiger partial charge in [0.15, 0.2) is 6.61 Å². The molecule has 0 spiro atoms. The third-order valence-corrected chi connectivity index (χ3v) is 4.77. The van der Waals surface area contributed by atoms with E-state index in [1.54, 1.807) is 0 Å². The maximum atomic E-state index is 12.4. The van der Waals surface area contributed by atoms with Crippen LogP contribution in [0.4, 0.5) is 13.2 Å². The number of nitrogens with zero attached hydrogens (tertiary/aromatic N) is 3. The fraction of sp³-hybridized carbons (Fsp3) is 0.286. The van der Waals surface area contributed by atoms with Crippen LogP contribution < -0.4 is 10.1 Å². The first-order valence-electron chi connectivity index (χ1n) is 9.33. The molecule has 0 saturated carbocycles. The molecule has 0 fully saturated rings. The normalized spacial score (nSPS) is 13.9. The van der Waals surface area contributed by atoms with E-state index in [1.807, 2.05) is 18.2 Å². The number of ether oxygens (including phenoxy) is 1. The first kappa shape index (κ1) is 19.9. The second kappa shape index (κ2) is 8.16. The average Bonchev–Trinajstić information content (AvgIpc) is 3.10. The number of fused-ring (bicyclic) bond motifs is 1. The average molecular weight is 414 g/mol. The molecule has 2 heterocycles. The topological polar surface area (TPSA) is 84.0 Å². The van der Waals surface area contributed by atoms with Crippen molar-refractivity contribution in [1.82, 2.24) is 15.5 Å². The van der Waals surface area contributed by atoms with Gasteiger partial charge in [-0.05, 0) is 61.3 Å². The molecule has 0 amide bonds. The molecule has 1 aliphatic heterocycles. The lowest BCUT2D eigenvalue weighted by Crippen LogP contribution is -2.19. The lowest BCUT2D eigenvalue weighted by Gasteiger charge is -2.10. The highest BCUT2D eigenvalue weighted by Gasteiger charge is 2.29. The van der Waals surface area contributed by atoms with Crippen LogP contribution in [0.5, 0.6) is 5.75 Å². The van der Waals surface area contributed by atoms with E-state index in [9.17, 15) is 18.4 Å². The summed E-state index contributed by atoms with van der Waals surface area (Å²) in [6.45, 7) is 0.385. The summed E-state index contributed by atoms with van der Waals surface area (Å²) in [5.41, 5.74) is 3.72. The molecule has 1 aromatic heterocycles. The Morgan fingerprint density at radius 2 is 1.83 bits per heavy atom. The molecule has 0 unspecified atom stereocenters. The van der Waals surface area contributed by atoms with Crippen LogP contribution in [0.3, 0.4) is 0 Å². The molecule has 9 heteroatoms. The Morgan fingerprint density at radius 1 is 1.07 bits per heavy atom. The molecule has 4 rings (SSSR count). The van der Waals surface area contributed by atoms with Crippen molar-refractivity contribution in [2.24, 2.45) is 0 Å². The predicted octanol–water partition coefficient (Wildman–Crippen LogP) is 3.90. The fourth-order valence-corrected chi connectivity index (χ4v) is 3.31. The molecule has 154 valence electrons. The number of alkyl halides is 3. The van der Waals surface area contributed by atoms with Crippen molar-refractivity contribution in [1.29, 1.82) is 5.26 Å². The standard InChI is InChI=1S/C21H17F3N4O2/c22-21(23,24)12-29-18-4-3-16(10-17(18)11-25)20-27-19(28-30-20)15-2-1-13-5-7-26-8-6-14(13)9-15/h1-4,9-10,26H,5-8,12H2. The Bertz CT molecular complexity index is 1100. The van der Waals surface area contributed by atoms with Gasteiger partial charge in [0.1, 0.15) is 11.8 Å². The van der Waals surface area contributed by atoms with Crippen molar-refractivity contribution in [3.63, 3.8) is 0 Å². The van der Waals surface area contributed by atoms with E-state index in [2.05, 4.69) is 21.5 Å². The quantitative estimate of drug-likeness (QED) is 0.697. The summed E-state index contributed by atoms with van der Waals surface area (Å²) in [6.07, 6.45) is -2.61. The number of hydrogen-bond acceptors (Lipinski definition) is 6. The van der Waals surface area contributed by atoms with Crippen molar-refractivity contribution < 1.29 is 22.4 Å². The maximum absolute atomic E-state index is 12.4. The zero-order chi connectivity index (χ0) is 21.1. The number of benzene rings is 2. The summed E-state index contributed by atoms with van der Waals surface area (Å²) in [4.78, 5) is 4.39. The smallest absolute Gasteiger partial charge is 0.422 e. The Balaban J connectivity index is 1.58. The van der Waals surface area contributed by atoms with E-state index >= 15 is 0 Å². The van der Waals surface area contributed by atoms with Crippen LogP contribution in [0.2, 0.25) is 0 Å². The van der Waals surface area contributed by atoms with Crippen molar-refractivity contribution in [3.05, 3.63) is 53.1 Å². The van der Waals surface area contributed by atoms with Crippen molar-refractivity contribution in [2.75, 3.05) is 19.7 Å². The van der Waals surface area contributed by atoms with Crippen LogP contribution in [0.25, 0.3) is 22.8 Å². The Labute approximate surface area is 170 Å². The van der Waals surface area contributed by atoms with Crippen LogP contribution in [0, 0.1) is 11.3 Å². The predicted molar refractivity (Wildman–Crippen MR) is 102 cm³/mol. The van der Waals surface area contributed by atoms with E-state index in [0.717, 1.165) is 31.5 Å². The first-order chi connectivity index (χ1) is 14.4. The highest BCUT2D eigenvalue weighted by molar-refractivity contribution is 5.64. The van der Waals surface area contributed by atoms with Gasteiger partial charge in [-0.15, -0.1) is 0 Å². The van der Waals surface area contributed by atoms with E-state index in [4.69, 9.17) is 9.26 Å². The van der Waals surface area contributed by atoms with E-state index in [-0.39, 0.29) is 17.2 Å². The van der Waals surface area contributed by atoms with E-state index < -0.39 is 12.8 Å². The number of aromatic nitrogens is 2. The Hall–Kier alpha value is -3.38.